The van der Waals surface area contributed by atoms with Crippen molar-refractivity contribution >= 4 is 5.96 Å². The predicted octanol–water partition coefficient (Wildman–Crippen LogP) is 1.90. The van der Waals surface area contributed by atoms with Crippen molar-refractivity contribution in [1.29, 1.82) is 0 Å². The Bertz CT molecular complexity index is 329. The zero-order chi connectivity index (χ0) is 13.2. The van der Waals surface area contributed by atoms with Crippen LogP contribution in [0.15, 0.2) is 17.3 Å². The molecule has 5 nitrogen and oxygen atoms in total. The fraction of sp³-hybridized carbons (Fsp3) is 0.692. The van der Waals surface area contributed by atoms with Crippen LogP contribution in [0.25, 0.3) is 0 Å². The molecule has 102 valence electrons. The largest absolute Gasteiger partial charge is 0.357 e. The van der Waals surface area contributed by atoms with Crippen molar-refractivity contribution in [3.05, 3.63) is 18.0 Å². The molecular formula is C13H25N5. The Hall–Kier alpha value is -1.52. The average molecular weight is 251 g/mol. The molecule has 0 spiro atoms. The minimum absolute atomic E-state index is 0.625. The monoisotopic (exact) mass is 251 g/mol. The maximum absolute atomic E-state index is 4.50. The molecule has 0 saturated heterocycles. The molecule has 5 heteroatoms. The molecule has 0 atom stereocenters. The van der Waals surface area contributed by atoms with Gasteiger partial charge in [0.05, 0.1) is 12.2 Å². The van der Waals surface area contributed by atoms with E-state index < -0.39 is 0 Å². The fourth-order valence-corrected chi connectivity index (χ4v) is 1.60. The number of aliphatic imine (C=N–C) groups is 1. The van der Waals surface area contributed by atoms with Gasteiger partial charge in [0.1, 0.15) is 0 Å². The van der Waals surface area contributed by atoms with Crippen LogP contribution in [0.1, 0.15) is 39.3 Å². The van der Waals surface area contributed by atoms with E-state index in [2.05, 4.69) is 46.6 Å². The van der Waals surface area contributed by atoms with Gasteiger partial charge in [-0.2, -0.15) is 5.10 Å². The van der Waals surface area contributed by atoms with E-state index in [-0.39, 0.29) is 0 Å². The summed E-state index contributed by atoms with van der Waals surface area (Å²) in [4.78, 5) is 4.50. The molecule has 0 aliphatic rings. The third-order valence-electron chi connectivity index (χ3n) is 2.56. The molecule has 0 saturated carbocycles. The van der Waals surface area contributed by atoms with Gasteiger partial charge >= 0.3 is 0 Å². The van der Waals surface area contributed by atoms with Gasteiger partial charge in [0.2, 0.25) is 0 Å². The summed E-state index contributed by atoms with van der Waals surface area (Å²) in [7, 11) is 0. The molecule has 1 rings (SSSR count). The number of nitrogens with zero attached hydrogens (tertiary/aromatic N) is 2. The minimum Gasteiger partial charge on any atom is -0.357 e. The van der Waals surface area contributed by atoms with Crippen molar-refractivity contribution in [2.45, 2.75) is 40.2 Å². The molecule has 0 radical (unpaired) electrons. The summed E-state index contributed by atoms with van der Waals surface area (Å²) in [5.74, 6) is 1.63. The molecule has 18 heavy (non-hydrogen) atoms. The van der Waals surface area contributed by atoms with Crippen LogP contribution in [0.2, 0.25) is 0 Å². The van der Waals surface area contributed by atoms with Gasteiger partial charge in [0.25, 0.3) is 0 Å². The van der Waals surface area contributed by atoms with Crippen LogP contribution in [0.4, 0.5) is 0 Å². The van der Waals surface area contributed by atoms with Gasteiger partial charge in [-0.25, -0.2) is 4.99 Å². The summed E-state index contributed by atoms with van der Waals surface area (Å²) in [6, 6.07) is 1.94. The summed E-state index contributed by atoms with van der Waals surface area (Å²) >= 11 is 0. The normalized spacial score (nSPS) is 11.9. The van der Waals surface area contributed by atoms with Crippen molar-refractivity contribution < 1.29 is 0 Å². The van der Waals surface area contributed by atoms with Gasteiger partial charge in [0.15, 0.2) is 5.96 Å². The number of hydrogen-bond donors (Lipinski definition) is 3. The van der Waals surface area contributed by atoms with Gasteiger partial charge in [-0.1, -0.05) is 13.8 Å². The minimum atomic E-state index is 0.625. The molecule has 1 aromatic rings. The maximum Gasteiger partial charge on any atom is 0.191 e. The van der Waals surface area contributed by atoms with E-state index in [1.165, 1.54) is 12.8 Å². The summed E-state index contributed by atoms with van der Waals surface area (Å²) in [6.45, 7) is 9.03. The third-order valence-corrected chi connectivity index (χ3v) is 2.56. The molecule has 1 aromatic heterocycles. The van der Waals surface area contributed by atoms with E-state index in [4.69, 9.17) is 0 Å². The summed E-state index contributed by atoms with van der Waals surface area (Å²) in [5, 5.41) is 13.4. The highest BCUT2D eigenvalue weighted by Crippen LogP contribution is 2.01. The fourth-order valence-electron chi connectivity index (χ4n) is 1.60. The molecule has 1 heterocycles. The predicted molar refractivity (Wildman–Crippen MR) is 75.5 cm³/mol. The van der Waals surface area contributed by atoms with Gasteiger partial charge in [-0.3, -0.25) is 5.10 Å². The van der Waals surface area contributed by atoms with Gasteiger partial charge < -0.3 is 10.6 Å². The molecule has 0 aromatic carbocycles. The summed E-state index contributed by atoms with van der Waals surface area (Å²) < 4.78 is 0. The Morgan fingerprint density at radius 1 is 1.44 bits per heavy atom. The van der Waals surface area contributed by atoms with E-state index in [1.807, 2.05) is 6.07 Å². The second-order valence-electron chi connectivity index (χ2n) is 4.74. The Balaban J connectivity index is 2.31. The lowest BCUT2D eigenvalue weighted by Crippen LogP contribution is -2.37. The van der Waals surface area contributed by atoms with Crippen LogP contribution in [-0.4, -0.2) is 29.2 Å². The number of aromatic nitrogens is 2. The van der Waals surface area contributed by atoms with Gasteiger partial charge in [-0.15, -0.1) is 0 Å². The van der Waals surface area contributed by atoms with Crippen molar-refractivity contribution in [3.8, 4) is 0 Å². The van der Waals surface area contributed by atoms with Crippen LogP contribution >= 0.6 is 0 Å². The Morgan fingerprint density at radius 2 is 2.28 bits per heavy atom. The van der Waals surface area contributed by atoms with Crippen molar-refractivity contribution in [2.75, 3.05) is 13.1 Å². The Morgan fingerprint density at radius 3 is 2.89 bits per heavy atom. The van der Waals surface area contributed by atoms with Crippen LogP contribution in [-0.2, 0) is 6.54 Å². The van der Waals surface area contributed by atoms with Gasteiger partial charge in [-0.05, 0) is 31.7 Å². The molecule has 0 unspecified atom stereocenters. The Labute approximate surface area is 109 Å². The lowest BCUT2D eigenvalue weighted by Gasteiger charge is -2.11. The van der Waals surface area contributed by atoms with E-state index >= 15 is 0 Å². The number of H-pyrrole nitrogens is 1. The number of aromatic amines is 1. The first kappa shape index (κ1) is 14.5. The molecular weight excluding hydrogens is 226 g/mol. The number of rotatable bonds is 7. The first-order valence-corrected chi connectivity index (χ1v) is 6.72. The second-order valence-corrected chi connectivity index (χ2v) is 4.74. The number of nitrogens with one attached hydrogen (secondary N) is 3. The molecule has 0 bridgehead atoms. The van der Waals surface area contributed by atoms with Crippen LogP contribution < -0.4 is 10.6 Å². The average Bonchev–Trinajstić information content (AvgIpc) is 2.84. The zero-order valence-corrected chi connectivity index (χ0v) is 11.7. The topological polar surface area (TPSA) is 65.1 Å². The van der Waals surface area contributed by atoms with Crippen LogP contribution in [0, 0.1) is 5.92 Å². The van der Waals surface area contributed by atoms with E-state index in [0.717, 1.165) is 30.7 Å². The molecule has 0 fully saturated rings. The first-order valence-electron chi connectivity index (χ1n) is 6.72. The van der Waals surface area contributed by atoms with E-state index in [1.54, 1.807) is 6.20 Å². The van der Waals surface area contributed by atoms with Crippen LogP contribution in [0.3, 0.4) is 0 Å². The molecule has 3 N–H and O–H groups in total. The third kappa shape index (κ3) is 6.27. The maximum atomic E-state index is 4.50. The van der Waals surface area contributed by atoms with Crippen LogP contribution in [0.5, 0.6) is 0 Å². The highest BCUT2D eigenvalue weighted by molar-refractivity contribution is 5.79. The van der Waals surface area contributed by atoms with Crippen molar-refractivity contribution in [2.24, 2.45) is 10.9 Å². The smallest absolute Gasteiger partial charge is 0.191 e. The van der Waals surface area contributed by atoms with Crippen molar-refractivity contribution in [3.63, 3.8) is 0 Å². The SMILES string of the molecule is CCNC(=NCc1ccn[nH]1)NCCCC(C)C. The summed E-state index contributed by atoms with van der Waals surface area (Å²) in [5.41, 5.74) is 1.02. The summed E-state index contributed by atoms with van der Waals surface area (Å²) in [6.07, 6.45) is 4.16. The van der Waals surface area contributed by atoms with Gasteiger partial charge in [0, 0.05) is 19.3 Å². The number of guanidine groups is 1. The molecule has 0 amide bonds. The van der Waals surface area contributed by atoms with E-state index in [0.29, 0.717) is 6.54 Å². The van der Waals surface area contributed by atoms with E-state index in [9.17, 15) is 0 Å². The highest BCUT2D eigenvalue weighted by atomic mass is 15.2. The zero-order valence-electron chi connectivity index (χ0n) is 11.7. The van der Waals surface area contributed by atoms with Crippen molar-refractivity contribution in [1.82, 2.24) is 20.8 Å². The number of hydrogen-bond acceptors (Lipinski definition) is 2. The highest BCUT2D eigenvalue weighted by Gasteiger charge is 1.98. The lowest BCUT2D eigenvalue weighted by molar-refractivity contribution is 0.549. The standard InChI is InChI=1S/C13H25N5/c1-4-14-13(15-8-5-6-11(2)3)16-10-12-7-9-17-18-12/h7,9,11H,4-6,8,10H2,1-3H3,(H,17,18)(H2,14,15,16). The molecule has 0 aliphatic carbocycles. The second kappa shape index (κ2) is 8.55. The molecule has 0 aliphatic heterocycles. The Kier molecular flexibility index (Phi) is 6.91. The lowest BCUT2D eigenvalue weighted by atomic mass is 10.1. The first-order chi connectivity index (χ1) is 8.72. The quantitative estimate of drug-likeness (QED) is 0.394.